The Labute approximate surface area is 90.2 Å². The van der Waals surface area contributed by atoms with Crippen molar-refractivity contribution >= 4 is 10.9 Å². The molecule has 1 radical (unpaired) electrons. The van der Waals surface area contributed by atoms with Crippen LogP contribution in [-0.2, 0) is 6.54 Å². The first kappa shape index (κ1) is 10.2. The lowest BCUT2D eigenvalue weighted by atomic mass is 10.1. The molecule has 2 aromatic rings. The van der Waals surface area contributed by atoms with Crippen LogP contribution in [0.4, 0.5) is 0 Å². The Morgan fingerprint density at radius 2 is 2.07 bits per heavy atom. The summed E-state index contributed by atoms with van der Waals surface area (Å²) in [6.45, 7) is 4.47. The maximum atomic E-state index is 9.66. The van der Waals surface area contributed by atoms with Crippen molar-refractivity contribution < 1.29 is 5.11 Å². The molecule has 0 aliphatic heterocycles. The van der Waals surface area contributed by atoms with Crippen LogP contribution < -0.4 is 0 Å². The summed E-state index contributed by atoms with van der Waals surface area (Å²) in [6, 6.07) is 10.2. The minimum absolute atomic E-state index is 0.612. The number of hydrogen-bond acceptors (Lipinski definition) is 1. The van der Waals surface area contributed by atoms with E-state index in [-0.39, 0.29) is 0 Å². The van der Waals surface area contributed by atoms with Gasteiger partial charge in [0.05, 0.1) is 11.8 Å². The lowest BCUT2D eigenvalue weighted by Gasteiger charge is -2.17. The zero-order chi connectivity index (χ0) is 10.9. The van der Waals surface area contributed by atoms with Crippen molar-refractivity contribution in [1.29, 1.82) is 0 Å². The molecule has 0 saturated carbocycles. The lowest BCUT2D eigenvalue weighted by Crippen LogP contribution is -2.20. The Hall–Kier alpha value is -1.28. The molecule has 0 aliphatic rings. The molecule has 0 bridgehead atoms. The molecule has 0 atom stereocenters. The third-order valence-corrected chi connectivity index (χ3v) is 2.55. The smallest absolute Gasteiger partial charge is 0.0659 e. The van der Waals surface area contributed by atoms with E-state index in [2.05, 4.69) is 22.9 Å². The van der Waals surface area contributed by atoms with E-state index in [0.29, 0.717) is 0 Å². The van der Waals surface area contributed by atoms with Gasteiger partial charge in [-0.1, -0.05) is 18.2 Å². The average molecular weight is 202 g/mol. The van der Waals surface area contributed by atoms with E-state index in [1.165, 1.54) is 10.9 Å². The number of hydrogen-bond donors (Lipinski definition) is 1. The van der Waals surface area contributed by atoms with Crippen molar-refractivity contribution in [3.8, 4) is 0 Å². The molecule has 0 saturated heterocycles. The van der Waals surface area contributed by atoms with E-state index in [9.17, 15) is 5.11 Å². The number of fused-ring (bicyclic) bond motifs is 1. The van der Waals surface area contributed by atoms with Crippen molar-refractivity contribution in [2.75, 3.05) is 0 Å². The van der Waals surface area contributed by atoms with Gasteiger partial charge in [0.15, 0.2) is 0 Å². The zero-order valence-electron chi connectivity index (χ0n) is 9.20. The van der Waals surface area contributed by atoms with E-state index in [4.69, 9.17) is 0 Å². The van der Waals surface area contributed by atoms with Gasteiger partial charge in [-0.2, -0.15) is 0 Å². The summed E-state index contributed by atoms with van der Waals surface area (Å²) in [7, 11) is 0. The fraction of sp³-hybridized carbons (Fsp3) is 0.385. The number of aryl methyl sites for hydroxylation is 1. The summed E-state index contributed by atoms with van der Waals surface area (Å²) in [5.41, 5.74) is 0.570. The van der Waals surface area contributed by atoms with Crippen LogP contribution in [0.5, 0.6) is 0 Å². The molecule has 2 nitrogen and oxygen atoms in total. The van der Waals surface area contributed by atoms with Gasteiger partial charge in [-0.25, -0.2) is 0 Å². The molecule has 79 valence electrons. The largest absolute Gasteiger partial charge is 0.390 e. The van der Waals surface area contributed by atoms with Crippen LogP contribution >= 0.6 is 0 Å². The second-order valence-corrected chi connectivity index (χ2v) is 4.55. The molecule has 0 aliphatic carbocycles. The van der Waals surface area contributed by atoms with Crippen molar-refractivity contribution in [3.63, 3.8) is 0 Å². The van der Waals surface area contributed by atoms with Crippen LogP contribution in [0.25, 0.3) is 10.9 Å². The molecule has 1 aromatic heterocycles. The van der Waals surface area contributed by atoms with Gasteiger partial charge in [-0.3, -0.25) is 0 Å². The Morgan fingerprint density at radius 3 is 2.80 bits per heavy atom. The predicted molar refractivity (Wildman–Crippen MR) is 61.7 cm³/mol. The van der Waals surface area contributed by atoms with E-state index >= 15 is 0 Å². The summed E-state index contributed by atoms with van der Waals surface area (Å²) >= 11 is 0. The topological polar surface area (TPSA) is 25.2 Å². The number of rotatable bonds is 3. The molecule has 1 N–H and O–H groups in total. The van der Waals surface area contributed by atoms with Crippen molar-refractivity contribution in [1.82, 2.24) is 4.57 Å². The molecule has 15 heavy (non-hydrogen) atoms. The fourth-order valence-corrected chi connectivity index (χ4v) is 1.64. The number of para-hydroxylation sites is 1. The van der Waals surface area contributed by atoms with Crippen LogP contribution in [0.3, 0.4) is 0 Å². The number of aromatic nitrogens is 1. The van der Waals surface area contributed by atoms with Gasteiger partial charge in [0.1, 0.15) is 0 Å². The second-order valence-electron chi connectivity index (χ2n) is 4.55. The Morgan fingerprint density at radius 1 is 1.33 bits per heavy atom. The van der Waals surface area contributed by atoms with E-state index in [1.807, 2.05) is 32.0 Å². The number of nitrogens with zero attached hydrogens (tertiary/aromatic N) is 1. The summed E-state index contributed by atoms with van der Waals surface area (Å²) in [4.78, 5) is 0. The third kappa shape index (κ3) is 2.39. The molecule has 0 spiro atoms. The highest BCUT2D eigenvalue weighted by Gasteiger charge is 2.12. The predicted octanol–water partition coefficient (Wildman–Crippen LogP) is 2.60. The van der Waals surface area contributed by atoms with Crippen LogP contribution in [0.2, 0.25) is 0 Å². The highest BCUT2D eigenvalue weighted by Crippen LogP contribution is 2.17. The Kier molecular flexibility index (Phi) is 2.53. The van der Waals surface area contributed by atoms with Crippen LogP contribution in [0, 0.1) is 6.20 Å². The summed E-state index contributed by atoms with van der Waals surface area (Å²) in [5, 5.41) is 10.9. The van der Waals surface area contributed by atoms with Gasteiger partial charge >= 0.3 is 0 Å². The highest BCUT2D eigenvalue weighted by atomic mass is 16.3. The minimum atomic E-state index is -0.612. The van der Waals surface area contributed by atoms with Gasteiger partial charge in [0.2, 0.25) is 0 Å². The molecule has 0 fully saturated rings. The van der Waals surface area contributed by atoms with E-state index in [0.717, 1.165) is 13.0 Å². The molecular formula is C13H16NO. The van der Waals surface area contributed by atoms with E-state index in [1.54, 1.807) is 0 Å². The zero-order valence-corrected chi connectivity index (χ0v) is 9.20. The lowest BCUT2D eigenvalue weighted by molar-refractivity contribution is 0.0665. The molecular weight excluding hydrogens is 186 g/mol. The first-order chi connectivity index (χ1) is 7.06. The SMILES string of the molecule is CC(C)(O)CCn1[c]cc2ccccc21. The first-order valence-corrected chi connectivity index (χ1v) is 5.25. The van der Waals surface area contributed by atoms with Crippen molar-refractivity contribution in [3.05, 3.63) is 36.5 Å². The van der Waals surface area contributed by atoms with Crippen LogP contribution in [-0.4, -0.2) is 15.3 Å². The molecule has 2 rings (SSSR count). The number of aliphatic hydroxyl groups is 1. The number of benzene rings is 1. The van der Waals surface area contributed by atoms with Crippen molar-refractivity contribution in [2.45, 2.75) is 32.4 Å². The Balaban J connectivity index is 2.22. The standard InChI is InChI=1S/C13H16NO/c1-13(2,15)8-10-14-9-7-11-5-3-4-6-12(11)14/h3-7,15H,8,10H2,1-2H3. The van der Waals surface area contributed by atoms with Crippen molar-refractivity contribution in [2.24, 2.45) is 0 Å². The van der Waals surface area contributed by atoms with E-state index < -0.39 is 5.60 Å². The van der Waals surface area contributed by atoms with Crippen LogP contribution in [0.15, 0.2) is 30.3 Å². The van der Waals surface area contributed by atoms with Gasteiger partial charge in [0, 0.05) is 17.4 Å². The van der Waals surface area contributed by atoms with Crippen LogP contribution in [0.1, 0.15) is 20.3 Å². The maximum absolute atomic E-state index is 9.66. The molecule has 0 amide bonds. The van der Waals surface area contributed by atoms with Gasteiger partial charge < -0.3 is 9.67 Å². The monoisotopic (exact) mass is 202 g/mol. The Bertz CT molecular complexity index is 451. The normalized spacial score (nSPS) is 12.2. The fourth-order valence-electron chi connectivity index (χ4n) is 1.64. The van der Waals surface area contributed by atoms with Gasteiger partial charge in [-0.15, -0.1) is 0 Å². The minimum Gasteiger partial charge on any atom is -0.390 e. The van der Waals surface area contributed by atoms with Gasteiger partial charge in [-0.05, 0) is 32.4 Å². The summed E-state index contributed by atoms with van der Waals surface area (Å²) in [6.07, 6.45) is 3.93. The quantitative estimate of drug-likeness (QED) is 0.813. The molecule has 0 unspecified atom stereocenters. The summed E-state index contributed by atoms with van der Waals surface area (Å²) in [5.74, 6) is 0. The summed E-state index contributed by atoms with van der Waals surface area (Å²) < 4.78 is 2.06. The third-order valence-electron chi connectivity index (χ3n) is 2.55. The maximum Gasteiger partial charge on any atom is 0.0659 e. The van der Waals surface area contributed by atoms with Gasteiger partial charge in [0.25, 0.3) is 0 Å². The highest BCUT2D eigenvalue weighted by molar-refractivity contribution is 5.79. The second kappa shape index (κ2) is 3.70. The molecule has 2 heteroatoms. The molecule has 1 aromatic carbocycles. The average Bonchev–Trinajstić information content (AvgIpc) is 2.57. The first-order valence-electron chi connectivity index (χ1n) is 5.25. The molecule has 1 heterocycles.